The molecule has 2 fully saturated rings. The van der Waals surface area contributed by atoms with E-state index in [1.165, 1.54) is 25.0 Å². The Balaban J connectivity index is 1.63. The molecule has 2 amide bonds. The predicted molar refractivity (Wildman–Crippen MR) is 90.3 cm³/mol. The van der Waals surface area contributed by atoms with E-state index in [2.05, 4.69) is 10.3 Å². The minimum atomic E-state index is -1.06. The van der Waals surface area contributed by atoms with Gasteiger partial charge in [-0.3, -0.25) is 9.59 Å². The number of nitrogens with one attached hydrogen (secondary N) is 1. The highest BCUT2D eigenvalue weighted by Crippen LogP contribution is 2.28. The zero-order valence-corrected chi connectivity index (χ0v) is 14.3. The van der Waals surface area contributed by atoms with E-state index in [-0.39, 0.29) is 29.0 Å². The average Bonchev–Trinajstić information content (AvgIpc) is 3.43. The molecule has 1 aromatic rings. The van der Waals surface area contributed by atoms with Gasteiger partial charge in [-0.05, 0) is 50.7 Å². The number of hydrogen-bond acceptors (Lipinski definition) is 4. The third-order valence-corrected chi connectivity index (χ3v) is 4.88. The van der Waals surface area contributed by atoms with Gasteiger partial charge in [0, 0.05) is 19.6 Å². The number of nitrogens with zero attached hydrogens (tertiary/aromatic N) is 2. The van der Waals surface area contributed by atoms with Crippen LogP contribution in [0.25, 0.3) is 0 Å². The zero-order chi connectivity index (χ0) is 18.0. The zero-order valence-electron chi connectivity index (χ0n) is 14.3. The molecule has 1 aliphatic carbocycles. The molecular weight excluding hydrogens is 322 g/mol. The van der Waals surface area contributed by atoms with Crippen LogP contribution in [0, 0.1) is 18.8 Å². The van der Waals surface area contributed by atoms with E-state index in [1.807, 2.05) is 0 Å². The van der Waals surface area contributed by atoms with Gasteiger partial charge in [-0.25, -0.2) is 9.78 Å². The molecule has 1 aromatic heterocycles. The average molecular weight is 345 g/mol. The molecule has 0 radical (unpaired) electrons. The lowest BCUT2D eigenvalue weighted by Gasteiger charge is -2.32. The fraction of sp³-hybridized carbons (Fsp3) is 0.556. The summed E-state index contributed by atoms with van der Waals surface area (Å²) in [7, 11) is 0. The van der Waals surface area contributed by atoms with Gasteiger partial charge in [-0.15, -0.1) is 0 Å². The van der Waals surface area contributed by atoms with Crippen LogP contribution >= 0.6 is 0 Å². The van der Waals surface area contributed by atoms with Gasteiger partial charge < -0.3 is 15.3 Å². The van der Waals surface area contributed by atoms with Crippen molar-refractivity contribution in [3.63, 3.8) is 0 Å². The van der Waals surface area contributed by atoms with Gasteiger partial charge in [0.25, 0.3) is 5.91 Å². The summed E-state index contributed by atoms with van der Waals surface area (Å²) in [5.41, 5.74) is 0.628. The molecule has 134 valence electrons. The van der Waals surface area contributed by atoms with Gasteiger partial charge in [0.15, 0.2) is 0 Å². The van der Waals surface area contributed by atoms with Crippen molar-refractivity contribution in [1.82, 2.24) is 15.2 Å². The van der Waals surface area contributed by atoms with Gasteiger partial charge in [0.05, 0.1) is 17.2 Å². The van der Waals surface area contributed by atoms with Crippen LogP contribution in [0.2, 0.25) is 0 Å². The number of piperidine rings is 1. The second-order valence-corrected chi connectivity index (χ2v) is 6.91. The smallest absolute Gasteiger partial charge is 0.337 e. The number of aromatic nitrogens is 1. The maximum atomic E-state index is 12.7. The Morgan fingerprint density at radius 2 is 2.04 bits per heavy atom. The lowest BCUT2D eigenvalue weighted by atomic mass is 9.96. The number of carbonyl (C=O) groups is 3. The van der Waals surface area contributed by atoms with E-state index in [4.69, 9.17) is 5.11 Å². The number of carboxylic acids is 1. The molecule has 1 saturated carbocycles. The van der Waals surface area contributed by atoms with E-state index in [1.54, 1.807) is 11.8 Å². The molecule has 7 nitrogen and oxygen atoms in total. The summed E-state index contributed by atoms with van der Waals surface area (Å²) in [4.78, 5) is 41.8. The summed E-state index contributed by atoms with van der Waals surface area (Å²) < 4.78 is 0. The summed E-state index contributed by atoms with van der Waals surface area (Å²) in [5.74, 6) is -0.843. The standard InChI is InChI=1S/C18H23N3O4/c1-11-14(18(24)25)6-7-15(20-11)17(23)21-8-2-3-13(10-21)16(22)19-9-12-4-5-12/h6-7,12-13H,2-5,8-10H2,1H3,(H,19,22)(H,24,25). The number of amides is 2. The summed E-state index contributed by atoms with van der Waals surface area (Å²) in [6, 6.07) is 2.84. The lowest BCUT2D eigenvalue weighted by molar-refractivity contribution is -0.126. The Hall–Kier alpha value is -2.44. The summed E-state index contributed by atoms with van der Waals surface area (Å²) >= 11 is 0. The topological polar surface area (TPSA) is 99.6 Å². The van der Waals surface area contributed by atoms with Crippen LogP contribution in [0.5, 0.6) is 0 Å². The largest absolute Gasteiger partial charge is 0.478 e. The molecule has 2 aliphatic rings. The van der Waals surface area contributed by atoms with Crippen LogP contribution in [-0.4, -0.2) is 52.4 Å². The molecule has 1 unspecified atom stereocenters. The van der Waals surface area contributed by atoms with Crippen molar-refractivity contribution in [2.24, 2.45) is 11.8 Å². The molecule has 1 atom stereocenters. The maximum absolute atomic E-state index is 12.7. The first kappa shape index (κ1) is 17.4. The quantitative estimate of drug-likeness (QED) is 0.842. The first-order valence-electron chi connectivity index (χ1n) is 8.73. The third kappa shape index (κ3) is 4.15. The van der Waals surface area contributed by atoms with Gasteiger partial charge in [0.1, 0.15) is 5.69 Å². The Morgan fingerprint density at radius 1 is 1.28 bits per heavy atom. The minimum absolute atomic E-state index is 0.0229. The van der Waals surface area contributed by atoms with Crippen LogP contribution in [-0.2, 0) is 4.79 Å². The number of pyridine rings is 1. The first-order valence-corrected chi connectivity index (χ1v) is 8.73. The van der Waals surface area contributed by atoms with Gasteiger partial charge in [0.2, 0.25) is 5.91 Å². The first-order chi connectivity index (χ1) is 12.0. The fourth-order valence-electron chi connectivity index (χ4n) is 3.16. The highest BCUT2D eigenvalue weighted by Gasteiger charge is 2.30. The molecule has 7 heteroatoms. The third-order valence-electron chi connectivity index (χ3n) is 4.88. The van der Waals surface area contributed by atoms with Crippen LogP contribution in [0.4, 0.5) is 0 Å². The SMILES string of the molecule is Cc1nc(C(=O)N2CCCC(C(=O)NCC3CC3)C2)ccc1C(=O)O. The number of aryl methyl sites for hydroxylation is 1. The minimum Gasteiger partial charge on any atom is -0.478 e. The summed E-state index contributed by atoms with van der Waals surface area (Å²) in [5, 5.41) is 12.0. The molecule has 0 spiro atoms. The number of carbonyl (C=O) groups excluding carboxylic acids is 2. The monoisotopic (exact) mass is 345 g/mol. The van der Waals surface area contributed by atoms with Crippen LogP contribution < -0.4 is 5.32 Å². The molecule has 25 heavy (non-hydrogen) atoms. The molecule has 3 rings (SSSR count). The van der Waals surface area contributed by atoms with Gasteiger partial charge in [-0.2, -0.15) is 0 Å². The Morgan fingerprint density at radius 3 is 2.68 bits per heavy atom. The molecular formula is C18H23N3O4. The van der Waals surface area contributed by atoms with E-state index < -0.39 is 5.97 Å². The van der Waals surface area contributed by atoms with Crippen molar-refractivity contribution in [3.05, 3.63) is 29.1 Å². The van der Waals surface area contributed by atoms with Crippen molar-refractivity contribution in [1.29, 1.82) is 0 Å². The number of hydrogen-bond donors (Lipinski definition) is 2. The van der Waals surface area contributed by atoms with Crippen LogP contribution in [0.15, 0.2) is 12.1 Å². The molecule has 1 aliphatic heterocycles. The van der Waals surface area contributed by atoms with Crippen molar-refractivity contribution in [2.45, 2.75) is 32.6 Å². The molecule has 2 heterocycles. The Bertz CT molecular complexity index is 700. The van der Waals surface area contributed by atoms with Crippen molar-refractivity contribution in [2.75, 3.05) is 19.6 Å². The fourth-order valence-corrected chi connectivity index (χ4v) is 3.16. The lowest BCUT2D eigenvalue weighted by Crippen LogP contribution is -2.46. The van der Waals surface area contributed by atoms with E-state index in [0.717, 1.165) is 19.4 Å². The molecule has 0 bridgehead atoms. The number of rotatable bonds is 5. The van der Waals surface area contributed by atoms with Crippen LogP contribution in [0.3, 0.4) is 0 Å². The Kier molecular flexibility index (Phi) is 5.01. The van der Waals surface area contributed by atoms with Gasteiger partial charge >= 0.3 is 5.97 Å². The van der Waals surface area contributed by atoms with Crippen LogP contribution in [0.1, 0.15) is 52.2 Å². The van der Waals surface area contributed by atoms with Crippen molar-refractivity contribution >= 4 is 17.8 Å². The number of carboxylic acid groups (broad SMARTS) is 1. The van der Waals surface area contributed by atoms with E-state index >= 15 is 0 Å². The highest BCUT2D eigenvalue weighted by atomic mass is 16.4. The van der Waals surface area contributed by atoms with Crippen molar-refractivity contribution < 1.29 is 19.5 Å². The van der Waals surface area contributed by atoms with Crippen molar-refractivity contribution in [3.8, 4) is 0 Å². The second-order valence-electron chi connectivity index (χ2n) is 6.91. The number of likely N-dealkylation sites (tertiary alicyclic amines) is 1. The Labute approximate surface area is 146 Å². The second kappa shape index (κ2) is 7.21. The van der Waals surface area contributed by atoms with E-state index in [0.29, 0.717) is 24.7 Å². The molecule has 0 aromatic carbocycles. The maximum Gasteiger partial charge on any atom is 0.337 e. The normalized spacial score (nSPS) is 20.2. The highest BCUT2D eigenvalue weighted by molar-refractivity contribution is 5.95. The summed E-state index contributed by atoms with van der Waals surface area (Å²) in [6.45, 7) is 3.29. The van der Waals surface area contributed by atoms with E-state index in [9.17, 15) is 14.4 Å². The molecule has 2 N–H and O–H groups in total. The summed E-state index contributed by atoms with van der Waals surface area (Å²) in [6.07, 6.45) is 3.93. The number of aromatic carboxylic acids is 1. The predicted octanol–water partition coefficient (Wildman–Crippen LogP) is 1.47. The van der Waals surface area contributed by atoms with Gasteiger partial charge in [-0.1, -0.05) is 0 Å². The molecule has 1 saturated heterocycles.